The van der Waals surface area contributed by atoms with Gasteiger partial charge >= 0.3 is 6.18 Å². The lowest BCUT2D eigenvalue weighted by atomic mass is 9.70. The number of halogens is 6. The van der Waals surface area contributed by atoms with Crippen molar-refractivity contribution in [1.82, 2.24) is 0 Å². The Balaban J connectivity index is 1.39. The molecule has 0 nitrogen and oxygen atoms in total. The molecule has 0 N–H and O–H groups in total. The Morgan fingerprint density at radius 2 is 1.50 bits per heavy atom. The minimum atomic E-state index is -4.69. The first-order valence-electron chi connectivity index (χ1n) is 13.9. The Hall–Kier alpha value is -2.50. The van der Waals surface area contributed by atoms with Crippen LogP contribution in [0.5, 0.6) is 0 Å². The first-order valence-corrected chi connectivity index (χ1v) is 13.9. The molecular weight excluding hydrogens is 498 g/mol. The van der Waals surface area contributed by atoms with Gasteiger partial charge in [-0.3, -0.25) is 0 Å². The summed E-state index contributed by atoms with van der Waals surface area (Å²) in [6, 6.07) is 6.34. The molecule has 2 aliphatic carbocycles. The van der Waals surface area contributed by atoms with E-state index in [1.54, 1.807) is 6.07 Å². The van der Waals surface area contributed by atoms with Gasteiger partial charge in [0.2, 0.25) is 0 Å². The minimum Gasteiger partial charge on any atom is -0.206 e. The van der Waals surface area contributed by atoms with Gasteiger partial charge in [-0.15, -0.1) is 0 Å². The maximum absolute atomic E-state index is 15.0. The summed E-state index contributed by atoms with van der Waals surface area (Å²) in [5.41, 5.74) is 0.981. The second kappa shape index (κ2) is 12.6. The molecule has 206 valence electrons. The molecule has 2 aromatic carbocycles. The third-order valence-corrected chi connectivity index (χ3v) is 8.39. The lowest BCUT2D eigenvalue weighted by molar-refractivity contribution is -0.0790. The molecule has 0 aromatic heterocycles. The van der Waals surface area contributed by atoms with E-state index in [-0.39, 0.29) is 17.2 Å². The van der Waals surface area contributed by atoms with Crippen molar-refractivity contribution < 1.29 is 26.3 Å². The molecule has 6 heteroatoms. The highest BCUT2D eigenvalue weighted by atomic mass is 19.4. The standard InChI is InChI=1S/C32H36F6/c1-2-3-4-5-21-6-8-22(9-7-21)23-10-12-24(13-11-23)25-14-15-27(29(33)18-25)26-19-30(34)28(31(35)20-26)16-17-32(36,37)38/h12,14-23H,2-11,13H2,1H3. The van der Waals surface area contributed by atoms with E-state index in [9.17, 15) is 22.0 Å². The van der Waals surface area contributed by atoms with Crippen LogP contribution in [0.4, 0.5) is 26.3 Å². The summed E-state index contributed by atoms with van der Waals surface area (Å²) >= 11 is 0. The van der Waals surface area contributed by atoms with Crippen molar-refractivity contribution in [2.24, 2.45) is 17.8 Å². The Bertz CT molecular complexity index is 1130. The van der Waals surface area contributed by atoms with Crippen LogP contribution in [0, 0.1) is 35.2 Å². The molecule has 4 rings (SSSR count). The summed E-state index contributed by atoms with van der Waals surface area (Å²) in [6.07, 6.45) is 11.2. The van der Waals surface area contributed by atoms with E-state index in [1.807, 2.05) is 0 Å². The van der Waals surface area contributed by atoms with Crippen LogP contribution >= 0.6 is 0 Å². The summed E-state index contributed by atoms with van der Waals surface area (Å²) in [7, 11) is 0. The highest BCUT2D eigenvalue weighted by molar-refractivity contribution is 5.72. The molecular formula is C32H36F6. The molecule has 1 unspecified atom stereocenters. The van der Waals surface area contributed by atoms with Crippen LogP contribution in [0.1, 0.15) is 88.7 Å². The third-order valence-electron chi connectivity index (χ3n) is 8.39. The van der Waals surface area contributed by atoms with Crippen molar-refractivity contribution in [3.8, 4) is 11.1 Å². The fourth-order valence-electron chi connectivity index (χ4n) is 6.20. The first kappa shape index (κ1) is 28.5. The number of hydrogen-bond donors (Lipinski definition) is 0. The van der Waals surface area contributed by atoms with Crippen molar-refractivity contribution in [1.29, 1.82) is 0 Å². The maximum Gasteiger partial charge on any atom is 0.409 e. The molecule has 0 amide bonds. The Morgan fingerprint density at radius 1 is 0.816 bits per heavy atom. The van der Waals surface area contributed by atoms with Gasteiger partial charge in [-0.25, -0.2) is 13.2 Å². The van der Waals surface area contributed by atoms with Gasteiger partial charge in [0.25, 0.3) is 0 Å². The smallest absolute Gasteiger partial charge is 0.206 e. The second-order valence-electron chi connectivity index (χ2n) is 11.0. The number of benzene rings is 2. The molecule has 2 aliphatic rings. The largest absolute Gasteiger partial charge is 0.409 e. The van der Waals surface area contributed by atoms with Gasteiger partial charge in [-0.2, -0.15) is 13.2 Å². The van der Waals surface area contributed by atoms with Gasteiger partial charge in [-0.1, -0.05) is 63.7 Å². The van der Waals surface area contributed by atoms with Crippen LogP contribution in [0.2, 0.25) is 0 Å². The lowest BCUT2D eigenvalue weighted by Gasteiger charge is -2.35. The van der Waals surface area contributed by atoms with Gasteiger partial charge < -0.3 is 0 Å². The number of allylic oxidation sites excluding steroid dienone is 3. The van der Waals surface area contributed by atoms with E-state index < -0.39 is 29.2 Å². The van der Waals surface area contributed by atoms with Crippen LogP contribution in [-0.4, -0.2) is 6.18 Å². The van der Waals surface area contributed by atoms with E-state index in [0.717, 1.165) is 54.4 Å². The van der Waals surface area contributed by atoms with Gasteiger partial charge in [0.1, 0.15) is 17.5 Å². The zero-order chi connectivity index (χ0) is 27.3. The molecule has 0 saturated heterocycles. The molecule has 0 heterocycles. The predicted octanol–water partition coefficient (Wildman–Crippen LogP) is 10.9. The van der Waals surface area contributed by atoms with Crippen molar-refractivity contribution in [3.05, 3.63) is 71.1 Å². The summed E-state index contributed by atoms with van der Waals surface area (Å²) in [6.45, 7) is 2.25. The maximum atomic E-state index is 15.0. The van der Waals surface area contributed by atoms with Crippen molar-refractivity contribution >= 4 is 11.6 Å². The topological polar surface area (TPSA) is 0 Å². The van der Waals surface area contributed by atoms with Gasteiger partial charge in [-0.05, 0) is 90.8 Å². The average Bonchev–Trinajstić information content (AvgIpc) is 2.88. The number of rotatable bonds is 8. The molecule has 1 saturated carbocycles. The molecule has 2 aromatic rings. The zero-order valence-electron chi connectivity index (χ0n) is 21.9. The van der Waals surface area contributed by atoms with Crippen LogP contribution in [0.3, 0.4) is 0 Å². The average molecular weight is 535 g/mol. The van der Waals surface area contributed by atoms with Crippen molar-refractivity contribution in [2.45, 2.75) is 83.7 Å². The summed E-state index contributed by atoms with van der Waals surface area (Å²) in [4.78, 5) is 0. The molecule has 0 radical (unpaired) electrons. The number of hydrogen-bond acceptors (Lipinski definition) is 0. The van der Waals surface area contributed by atoms with Crippen LogP contribution in [0.25, 0.3) is 22.8 Å². The molecule has 1 fully saturated rings. The van der Waals surface area contributed by atoms with E-state index >= 15 is 4.39 Å². The van der Waals surface area contributed by atoms with Gasteiger partial charge in [0, 0.05) is 17.2 Å². The van der Waals surface area contributed by atoms with Crippen LogP contribution in [0.15, 0.2) is 42.5 Å². The highest BCUT2D eigenvalue weighted by Crippen LogP contribution is 2.42. The van der Waals surface area contributed by atoms with E-state index in [2.05, 4.69) is 13.0 Å². The van der Waals surface area contributed by atoms with E-state index in [4.69, 9.17) is 0 Å². The zero-order valence-corrected chi connectivity index (χ0v) is 21.9. The Morgan fingerprint density at radius 3 is 2.08 bits per heavy atom. The van der Waals surface area contributed by atoms with Crippen LogP contribution in [-0.2, 0) is 0 Å². The first-order chi connectivity index (χ1) is 18.1. The van der Waals surface area contributed by atoms with E-state index in [0.29, 0.717) is 12.0 Å². The Kier molecular flexibility index (Phi) is 9.43. The molecule has 0 spiro atoms. The number of unbranched alkanes of at least 4 members (excludes halogenated alkanes) is 2. The fraction of sp³-hybridized carbons (Fsp3) is 0.500. The Labute approximate surface area is 221 Å². The normalized spacial score (nSPS) is 22.6. The molecule has 0 aliphatic heterocycles. The molecule has 0 bridgehead atoms. The molecule has 38 heavy (non-hydrogen) atoms. The molecule has 1 atom stereocenters. The van der Waals surface area contributed by atoms with Gasteiger partial charge in [0.05, 0.1) is 0 Å². The second-order valence-corrected chi connectivity index (χ2v) is 11.0. The summed E-state index contributed by atoms with van der Waals surface area (Å²) in [5.74, 6) is -0.642. The summed E-state index contributed by atoms with van der Waals surface area (Å²) in [5, 5.41) is 0. The van der Waals surface area contributed by atoms with Crippen LogP contribution < -0.4 is 0 Å². The predicted molar refractivity (Wildman–Crippen MR) is 142 cm³/mol. The number of alkyl halides is 3. The minimum absolute atomic E-state index is 0.00267. The van der Waals surface area contributed by atoms with Crippen molar-refractivity contribution in [2.75, 3.05) is 0 Å². The third kappa shape index (κ3) is 7.33. The SMILES string of the molecule is CCCCCC1CCC(C2CC=C(c3ccc(-c4cc(F)c(C=CC(F)(F)F)c(F)c4)c(F)c3)CC2)CC1. The van der Waals surface area contributed by atoms with Gasteiger partial charge in [0.15, 0.2) is 0 Å². The van der Waals surface area contributed by atoms with E-state index in [1.165, 1.54) is 63.5 Å². The lowest BCUT2D eigenvalue weighted by Crippen LogP contribution is -2.23. The van der Waals surface area contributed by atoms with Crippen molar-refractivity contribution in [3.63, 3.8) is 0 Å². The fourth-order valence-corrected chi connectivity index (χ4v) is 6.20. The quantitative estimate of drug-likeness (QED) is 0.233. The summed E-state index contributed by atoms with van der Waals surface area (Å²) < 4.78 is 80.9. The monoisotopic (exact) mass is 534 g/mol. The highest BCUT2D eigenvalue weighted by Gasteiger charge is 2.29.